The van der Waals surface area contributed by atoms with Crippen LogP contribution in [-0.2, 0) is 6.42 Å². The zero-order valence-corrected chi connectivity index (χ0v) is 12.9. The quantitative estimate of drug-likeness (QED) is 0.551. The molecule has 0 amide bonds. The Labute approximate surface area is 124 Å². The van der Waals surface area contributed by atoms with Gasteiger partial charge in [-0.2, -0.15) is 0 Å². The maximum absolute atomic E-state index is 3.71. The van der Waals surface area contributed by atoms with Crippen LogP contribution >= 0.6 is 0 Å². The fourth-order valence-electron chi connectivity index (χ4n) is 3.33. The first-order chi connectivity index (χ1) is 9.83. The van der Waals surface area contributed by atoms with Crippen LogP contribution in [0.25, 0.3) is 0 Å². The van der Waals surface area contributed by atoms with Crippen molar-refractivity contribution in [2.75, 3.05) is 0 Å². The van der Waals surface area contributed by atoms with Crippen molar-refractivity contribution < 1.29 is 0 Å². The van der Waals surface area contributed by atoms with Crippen LogP contribution in [-0.4, -0.2) is 0 Å². The molecule has 0 nitrogen and oxygen atoms in total. The molecule has 0 aromatic heterocycles. The third-order valence-corrected chi connectivity index (χ3v) is 4.72. The SMILES string of the molecule is C=CC=CCCC1CCC(c2ccc(CC)cc2)CC1. The molecular weight excluding hydrogens is 240 g/mol. The molecule has 0 atom stereocenters. The number of hydrogen-bond acceptors (Lipinski definition) is 0. The van der Waals surface area contributed by atoms with Crippen LogP contribution in [0.2, 0.25) is 0 Å². The van der Waals surface area contributed by atoms with E-state index in [-0.39, 0.29) is 0 Å². The van der Waals surface area contributed by atoms with Gasteiger partial charge in [0, 0.05) is 0 Å². The Kier molecular flexibility index (Phi) is 6.11. The van der Waals surface area contributed by atoms with Gasteiger partial charge in [-0.1, -0.05) is 56.0 Å². The molecule has 0 heteroatoms. The van der Waals surface area contributed by atoms with E-state index in [0.717, 1.165) is 18.3 Å². The third-order valence-electron chi connectivity index (χ3n) is 4.72. The van der Waals surface area contributed by atoms with E-state index in [1.165, 1.54) is 44.1 Å². The molecule has 0 heterocycles. The van der Waals surface area contributed by atoms with Gasteiger partial charge in [-0.3, -0.25) is 0 Å². The smallest absolute Gasteiger partial charge is 0.0162 e. The number of rotatable bonds is 6. The summed E-state index contributed by atoms with van der Waals surface area (Å²) in [5.41, 5.74) is 3.02. The Morgan fingerprint density at radius 2 is 1.80 bits per heavy atom. The minimum absolute atomic E-state index is 0.806. The zero-order valence-electron chi connectivity index (χ0n) is 12.9. The fourth-order valence-corrected chi connectivity index (χ4v) is 3.33. The van der Waals surface area contributed by atoms with Crippen LogP contribution in [0.1, 0.15) is 62.5 Å². The van der Waals surface area contributed by atoms with Crippen molar-refractivity contribution in [2.45, 2.75) is 57.8 Å². The van der Waals surface area contributed by atoms with Gasteiger partial charge in [-0.05, 0) is 67.9 Å². The maximum atomic E-state index is 3.71. The standard InChI is InChI=1S/C20H28/c1-3-5-6-7-8-18-11-15-20(16-12-18)19-13-9-17(4-2)10-14-19/h3,5-6,9-10,13-14,18,20H,1,4,7-8,11-12,15-16H2,2H3. The molecule has 1 fully saturated rings. The second kappa shape index (κ2) is 8.09. The monoisotopic (exact) mass is 268 g/mol. The van der Waals surface area contributed by atoms with Gasteiger partial charge in [0.1, 0.15) is 0 Å². The zero-order chi connectivity index (χ0) is 14.2. The number of benzene rings is 1. The van der Waals surface area contributed by atoms with Crippen molar-refractivity contribution in [2.24, 2.45) is 5.92 Å². The van der Waals surface area contributed by atoms with E-state index in [1.54, 1.807) is 5.56 Å². The first-order valence-corrected chi connectivity index (χ1v) is 8.20. The van der Waals surface area contributed by atoms with E-state index in [2.05, 4.69) is 49.9 Å². The summed E-state index contributed by atoms with van der Waals surface area (Å²) in [5.74, 6) is 1.75. The molecule has 2 rings (SSSR count). The van der Waals surface area contributed by atoms with E-state index in [1.807, 2.05) is 6.08 Å². The highest BCUT2D eigenvalue weighted by atomic mass is 14.3. The highest BCUT2D eigenvalue weighted by Crippen LogP contribution is 2.37. The van der Waals surface area contributed by atoms with E-state index >= 15 is 0 Å². The second-order valence-electron chi connectivity index (χ2n) is 6.05. The Balaban J connectivity index is 1.78. The largest absolute Gasteiger partial charge is 0.0991 e. The van der Waals surface area contributed by atoms with Crippen LogP contribution in [0.4, 0.5) is 0 Å². The van der Waals surface area contributed by atoms with Gasteiger partial charge in [-0.25, -0.2) is 0 Å². The average molecular weight is 268 g/mol. The molecule has 1 aromatic rings. The number of aryl methyl sites for hydroxylation is 1. The molecule has 1 aliphatic rings. The molecule has 0 radical (unpaired) electrons. The summed E-state index contributed by atoms with van der Waals surface area (Å²) in [4.78, 5) is 0. The molecule has 108 valence electrons. The molecule has 0 unspecified atom stereocenters. The van der Waals surface area contributed by atoms with Crippen LogP contribution in [0, 0.1) is 5.92 Å². The summed E-state index contributed by atoms with van der Waals surface area (Å²) < 4.78 is 0. The normalized spacial score (nSPS) is 23.1. The summed E-state index contributed by atoms with van der Waals surface area (Å²) in [6, 6.07) is 9.33. The maximum Gasteiger partial charge on any atom is -0.0162 e. The van der Waals surface area contributed by atoms with Gasteiger partial charge in [0.25, 0.3) is 0 Å². The molecule has 0 N–H and O–H groups in total. The summed E-state index contributed by atoms with van der Waals surface area (Å²) in [7, 11) is 0. The molecule has 1 aromatic carbocycles. The summed E-state index contributed by atoms with van der Waals surface area (Å²) in [6.45, 7) is 5.94. The average Bonchev–Trinajstić information content (AvgIpc) is 2.52. The molecule has 1 aliphatic carbocycles. The molecular formula is C20H28. The Morgan fingerprint density at radius 1 is 1.10 bits per heavy atom. The van der Waals surface area contributed by atoms with Crippen molar-refractivity contribution in [3.05, 3.63) is 60.2 Å². The molecule has 0 bridgehead atoms. The van der Waals surface area contributed by atoms with Crippen molar-refractivity contribution >= 4 is 0 Å². The highest BCUT2D eigenvalue weighted by molar-refractivity contribution is 5.25. The second-order valence-corrected chi connectivity index (χ2v) is 6.05. The molecule has 0 spiro atoms. The van der Waals surface area contributed by atoms with E-state index < -0.39 is 0 Å². The van der Waals surface area contributed by atoms with Crippen molar-refractivity contribution in [3.8, 4) is 0 Å². The highest BCUT2D eigenvalue weighted by Gasteiger charge is 2.21. The first kappa shape index (κ1) is 15.1. The summed E-state index contributed by atoms with van der Waals surface area (Å²) in [5, 5.41) is 0. The van der Waals surface area contributed by atoms with Gasteiger partial charge < -0.3 is 0 Å². The topological polar surface area (TPSA) is 0 Å². The lowest BCUT2D eigenvalue weighted by molar-refractivity contribution is 0.312. The molecule has 0 aliphatic heterocycles. The fraction of sp³-hybridized carbons (Fsp3) is 0.500. The van der Waals surface area contributed by atoms with Crippen LogP contribution < -0.4 is 0 Å². The van der Waals surface area contributed by atoms with Gasteiger partial charge >= 0.3 is 0 Å². The summed E-state index contributed by atoms with van der Waals surface area (Å²) in [6.07, 6.45) is 15.5. The predicted molar refractivity (Wildman–Crippen MR) is 89.1 cm³/mol. The third kappa shape index (κ3) is 4.37. The lowest BCUT2D eigenvalue weighted by Crippen LogP contribution is -2.13. The lowest BCUT2D eigenvalue weighted by atomic mass is 9.77. The Morgan fingerprint density at radius 3 is 2.40 bits per heavy atom. The van der Waals surface area contributed by atoms with Gasteiger partial charge in [0.05, 0.1) is 0 Å². The number of allylic oxidation sites excluding steroid dienone is 3. The Bertz CT molecular complexity index is 416. The van der Waals surface area contributed by atoms with E-state index in [0.29, 0.717) is 0 Å². The lowest BCUT2D eigenvalue weighted by Gasteiger charge is -2.28. The van der Waals surface area contributed by atoms with E-state index in [9.17, 15) is 0 Å². The van der Waals surface area contributed by atoms with E-state index in [4.69, 9.17) is 0 Å². The van der Waals surface area contributed by atoms with Crippen LogP contribution in [0.15, 0.2) is 49.1 Å². The Hall–Kier alpha value is -1.30. The molecule has 20 heavy (non-hydrogen) atoms. The van der Waals surface area contributed by atoms with Crippen molar-refractivity contribution in [3.63, 3.8) is 0 Å². The molecule has 0 saturated heterocycles. The van der Waals surface area contributed by atoms with Crippen LogP contribution in [0.5, 0.6) is 0 Å². The minimum Gasteiger partial charge on any atom is -0.0991 e. The molecule has 1 saturated carbocycles. The minimum atomic E-state index is 0.806. The van der Waals surface area contributed by atoms with Crippen molar-refractivity contribution in [1.29, 1.82) is 0 Å². The first-order valence-electron chi connectivity index (χ1n) is 8.20. The summed E-state index contributed by atoms with van der Waals surface area (Å²) >= 11 is 0. The number of hydrogen-bond donors (Lipinski definition) is 0. The predicted octanol–water partition coefficient (Wildman–Crippen LogP) is 6.05. The van der Waals surface area contributed by atoms with Crippen molar-refractivity contribution in [1.82, 2.24) is 0 Å². The van der Waals surface area contributed by atoms with Gasteiger partial charge in [0.2, 0.25) is 0 Å². The van der Waals surface area contributed by atoms with Crippen LogP contribution in [0.3, 0.4) is 0 Å². The van der Waals surface area contributed by atoms with Gasteiger partial charge in [-0.15, -0.1) is 0 Å². The van der Waals surface area contributed by atoms with Gasteiger partial charge in [0.15, 0.2) is 0 Å².